The maximum atomic E-state index is 11.7. The highest BCUT2D eigenvalue weighted by atomic mass is 16.1. The van der Waals surface area contributed by atoms with Crippen LogP contribution in [0.1, 0.15) is 43.5 Å². The molecule has 1 aromatic heterocycles. The Bertz CT molecular complexity index is 493. The molecule has 20 heavy (non-hydrogen) atoms. The zero-order valence-corrected chi connectivity index (χ0v) is 12.1. The Balaban J connectivity index is 1.61. The van der Waals surface area contributed by atoms with Gasteiger partial charge in [0.25, 0.3) is 0 Å². The van der Waals surface area contributed by atoms with Crippen LogP contribution in [-0.2, 0) is 11.3 Å². The number of nitrogens with zero attached hydrogens (tertiary/aromatic N) is 3. The first-order valence-electron chi connectivity index (χ1n) is 7.57. The molecule has 1 amide bonds. The van der Waals surface area contributed by atoms with Crippen molar-refractivity contribution in [1.82, 2.24) is 15.3 Å². The van der Waals surface area contributed by atoms with Crippen molar-refractivity contribution in [1.29, 1.82) is 0 Å². The summed E-state index contributed by atoms with van der Waals surface area (Å²) in [5.74, 6) is 1.59. The molecule has 2 fully saturated rings. The van der Waals surface area contributed by atoms with E-state index in [1.165, 1.54) is 25.7 Å². The summed E-state index contributed by atoms with van der Waals surface area (Å²) in [5.41, 5.74) is 1.87. The average Bonchev–Trinajstić information content (AvgIpc) is 3.06. The van der Waals surface area contributed by atoms with E-state index in [1.54, 1.807) is 0 Å². The van der Waals surface area contributed by atoms with Crippen molar-refractivity contribution >= 4 is 11.9 Å². The fourth-order valence-electron chi connectivity index (χ4n) is 2.61. The summed E-state index contributed by atoms with van der Waals surface area (Å²) in [6.07, 6.45) is 5.51. The van der Waals surface area contributed by atoms with E-state index in [1.807, 2.05) is 13.0 Å². The van der Waals surface area contributed by atoms with Crippen molar-refractivity contribution < 1.29 is 4.79 Å². The molecular formula is C15H22N4O. The molecule has 2 aliphatic rings. The predicted molar refractivity (Wildman–Crippen MR) is 77.4 cm³/mol. The molecule has 1 N–H and O–H groups in total. The van der Waals surface area contributed by atoms with Gasteiger partial charge < -0.3 is 10.2 Å². The Labute approximate surface area is 119 Å². The number of amides is 1. The van der Waals surface area contributed by atoms with Gasteiger partial charge in [-0.1, -0.05) is 0 Å². The SMILES string of the molecule is Cc1cc(CNC(=O)CC2CC2)nc(N2CCCC2)n1. The summed E-state index contributed by atoms with van der Waals surface area (Å²) in [6, 6.07) is 1.96. The predicted octanol–water partition coefficient (Wildman–Crippen LogP) is 1.80. The molecule has 2 heterocycles. The van der Waals surface area contributed by atoms with Crippen LogP contribution < -0.4 is 10.2 Å². The van der Waals surface area contributed by atoms with Gasteiger partial charge in [-0.05, 0) is 44.6 Å². The van der Waals surface area contributed by atoms with Gasteiger partial charge in [-0.2, -0.15) is 0 Å². The Morgan fingerprint density at radius 1 is 1.35 bits per heavy atom. The minimum Gasteiger partial charge on any atom is -0.350 e. The number of carbonyl (C=O) groups is 1. The Morgan fingerprint density at radius 2 is 2.10 bits per heavy atom. The maximum absolute atomic E-state index is 11.7. The smallest absolute Gasteiger partial charge is 0.225 e. The minimum absolute atomic E-state index is 0.145. The van der Waals surface area contributed by atoms with Crippen LogP contribution >= 0.6 is 0 Å². The highest BCUT2D eigenvalue weighted by molar-refractivity contribution is 5.76. The molecule has 3 rings (SSSR count). The van der Waals surface area contributed by atoms with Crippen LogP contribution in [0.25, 0.3) is 0 Å². The molecule has 1 saturated heterocycles. The van der Waals surface area contributed by atoms with Gasteiger partial charge in [0.1, 0.15) is 0 Å². The lowest BCUT2D eigenvalue weighted by molar-refractivity contribution is -0.121. The van der Waals surface area contributed by atoms with E-state index in [2.05, 4.69) is 20.2 Å². The van der Waals surface area contributed by atoms with Gasteiger partial charge in [0.15, 0.2) is 0 Å². The third kappa shape index (κ3) is 3.46. The molecular weight excluding hydrogens is 252 g/mol. The van der Waals surface area contributed by atoms with Crippen molar-refractivity contribution in [3.8, 4) is 0 Å². The van der Waals surface area contributed by atoms with E-state index in [9.17, 15) is 4.79 Å². The summed E-state index contributed by atoms with van der Waals surface area (Å²) >= 11 is 0. The summed E-state index contributed by atoms with van der Waals surface area (Å²) in [6.45, 7) is 4.57. The van der Waals surface area contributed by atoms with Gasteiger partial charge >= 0.3 is 0 Å². The number of rotatable bonds is 5. The zero-order valence-electron chi connectivity index (χ0n) is 12.1. The number of aryl methyl sites for hydroxylation is 1. The largest absolute Gasteiger partial charge is 0.350 e. The topological polar surface area (TPSA) is 58.1 Å². The third-order valence-electron chi connectivity index (χ3n) is 3.92. The molecule has 1 aliphatic heterocycles. The second-order valence-electron chi connectivity index (χ2n) is 5.92. The minimum atomic E-state index is 0.145. The molecule has 0 aromatic carbocycles. The lowest BCUT2D eigenvalue weighted by atomic mass is 10.2. The number of anilines is 1. The van der Waals surface area contributed by atoms with Gasteiger partial charge in [-0.3, -0.25) is 4.79 Å². The number of aromatic nitrogens is 2. The van der Waals surface area contributed by atoms with Crippen molar-refractivity contribution in [2.24, 2.45) is 5.92 Å². The van der Waals surface area contributed by atoms with E-state index in [-0.39, 0.29) is 5.91 Å². The quantitative estimate of drug-likeness (QED) is 0.889. The van der Waals surface area contributed by atoms with Crippen LogP contribution in [0.5, 0.6) is 0 Å². The second-order valence-corrected chi connectivity index (χ2v) is 5.92. The highest BCUT2D eigenvalue weighted by Gasteiger charge is 2.24. The van der Waals surface area contributed by atoms with Crippen molar-refractivity contribution in [2.75, 3.05) is 18.0 Å². The first kappa shape index (κ1) is 13.3. The van der Waals surface area contributed by atoms with Crippen LogP contribution in [0.2, 0.25) is 0 Å². The van der Waals surface area contributed by atoms with Gasteiger partial charge in [0, 0.05) is 25.2 Å². The molecule has 0 spiro atoms. The molecule has 1 aromatic rings. The Kier molecular flexibility index (Phi) is 3.85. The molecule has 5 heteroatoms. The highest BCUT2D eigenvalue weighted by Crippen LogP contribution is 2.32. The molecule has 108 valence electrons. The zero-order chi connectivity index (χ0) is 13.9. The van der Waals surface area contributed by atoms with Gasteiger partial charge in [-0.15, -0.1) is 0 Å². The van der Waals surface area contributed by atoms with Gasteiger partial charge in [0.2, 0.25) is 11.9 Å². The first-order chi connectivity index (χ1) is 9.70. The average molecular weight is 274 g/mol. The summed E-state index contributed by atoms with van der Waals surface area (Å²) < 4.78 is 0. The molecule has 1 aliphatic carbocycles. The third-order valence-corrected chi connectivity index (χ3v) is 3.92. The van der Waals surface area contributed by atoms with E-state index in [0.717, 1.165) is 30.4 Å². The van der Waals surface area contributed by atoms with Gasteiger partial charge in [0.05, 0.1) is 12.2 Å². The van der Waals surface area contributed by atoms with Crippen LogP contribution in [0.4, 0.5) is 5.95 Å². The summed E-state index contributed by atoms with van der Waals surface area (Å²) in [5, 5.41) is 2.97. The fourth-order valence-corrected chi connectivity index (χ4v) is 2.61. The number of nitrogens with one attached hydrogen (secondary N) is 1. The van der Waals surface area contributed by atoms with Crippen LogP contribution in [-0.4, -0.2) is 29.0 Å². The van der Waals surface area contributed by atoms with Crippen LogP contribution in [0.15, 0.2) is 6.07 Å². The second kappa shape index (κ2) is 5.77. The molecule has 0 bridgehead atoms. The van der Waals surface area contributed by atoms with Crippen LogP contribution in [0.3, 0.4) is 0 Å². The number of carbonyl (C=O) groups excluding carboxylic acids is 1. The Morgan fingerprint density at radius 3 is 2.80 bits per heavy atom. The first-order valence-corrected chi connectivity index (χ1v) is 7.57. The maximum Gasteiger partial charge on any atom is 0.225 e. The van der Waals surface area contributed by atoms with E-state index >= 15 is 0 Å². The number of hydrogen-bond acceptors (Lipinski definition) is 4. The van der Waals surface area contributed by atoms with Crippen molar-refractivity contribution in [2.45, 2.75) is 45.6 Å². The Hall–Kier alpha value is -1.65. The van der Waals surface area contributed by atoms with E-state index in [0.29, 0.717) is 18.9 Å². The van der Waals surface area contributed by atoms with E-state index < -0.39 is 0 Å². The fraction of sp³-hybridized carbons (Fsp3) is 0.667. The number of hydrogen-bond donors (Lipinski definition) is 1. The lowest BCUT2D eigenvalue weighted by Crippen LogP contribution is -2.25. The molecule has 5 nitrogen and oxygen atoms in total. The molecule has 0 atom stereocenters. The van der Waals surface area contributed by atoms with E-state index in [4.69, 9.17) is 0 Å². The van der Waals surface area contributed by atoms with Crippen LogP contribution in [0, 0.1) is 12.8 Å². The molecule has 1 saturated carbocycles. The van der Waals surface area contributed by atoms with Crippen molar-refractivity contribution in [3.63, 3.8) is 0 Å². The lowest BCUT2D eigenvalue weighted by Gasteiger charge is -2.16. The summed E-state index contributed by atoms with van der Waals surface area (Å²) in [7, 11) is 0. The molecule has 0 radical (unpaired) electrons. The van der Waals surface area contributed by atoms with Crippen molar-refractivity contribution in [3.05, 3.63) is 17.5 Å². The standard InChI is InChI=1S/C15H22N4O/c1-11-8-13(10-16-14(20)9-12-4-5-12)18-15(17-11)19-6-2-3-7-19/h8,12H,2-7,9-10H2,1H3,(H,16,20). The monoisotopic (exact) mass is 274 g/mol. The van der Waals surface area contributed by atoms with Gasteiger partial charge in [-0.25, -0.2) is 9.97 Å². The molecule has 0 unspecified atom stereocenters. The summed E-state index contributed by atoms with van der Waals surface area (Å²) in [4.78, 5) is 23.0. The normalized spacial score (nSPS) is 18.4.